The van der Waals surface area contributed by atoms with Crippen molar-refractivity contribution in [3.05, 3.63) is 18.0 Å². The fourth-order valence-electron chi connectivity index (χ4n) is 3.04. The molecule has 1 unspecified atom stereocenters. The van der Waals surface area contributed by atoms with E-state index < -0.39 is 0 Å². The van der Waals surface area contributed by atoms with Crippen molar-refractivity contribution >= 4 is 16.7 Å². The summed E-state index contributed by atoms with van der Waals surface area (Å²) in [5.74, 6) is 0. The fourth-order valence-corrected chi connectivity index (χ4v) is 3.04. The number of hydrogen-bond donors (Lipinski definition) is 1. The van der Waals surface area contributed by atoms with Gasteiger partial charge in [-0.15, -0.1) is 0 Å². The number of hydrogen-bond acceptors (Lipinski definition) is 4. The molecule has 5 heteroatoms. The van der Waals surface area contributed by atoms with Gasteiger partial charge in [-0.3, -0.25) is 4.68 Å². The highest BCUT2D eigenvalue weighted by molar-refractivity contribution is 5.81. The van der Waals surface area contributed by atoms with Crippen molar-refractivity contribution in [3.63, 3.8) is 0 Å². The molecule has 5 nitrogen and oxygen atoms in total. The van der Waals surface area contributed by atoms with Crippen LogP contribution in [-0.4, -0.2) is 45.8 Å². The number of fused-ring (bicyclic) bond motifs is 1. The van der Waals surface area contributed by atoms with Crippen LogP contribution in [0.5, 0.6) is 0 Å². The molecule has 20 heavy (non-hydrogen) atoms. The molecule has 1 N–H and O–H groups in total. The minimum atomic E-state index is 0.634. The van der Waals surface area contributed by atoms with Crippen LogP contribution in [0.3, 0.4) is 0 Å². The van der Waals surface area contributed by atoms with E-state index in [1.165, 1.54) is 25.8 Å². The van der Waals surface area contributed by atoms with E-state index in [1.807, 2.05) is 24.9 Å². The van der Waals surface area contributed by atoms with E-state index in [9.17, 15) is 0 Å². The summed E-state index contributed by atoms with van der Waals surface area (Å²) in [4.78, 5) is 6.96. The van der Waals surface area contributed by atoms with Gasteiger partial charge in [0.1, 0.15) is 0 Å². The Bertz CT molecular complexity index is 604. The number of nitrogens with zero attached hydrogens (tertiary/aromatic N) is 4. The molecule has 0 amide bonds. The molecule has 1 saturated heterocycles. The molecule has 0 saturated carbocycles. The summed E-state index contributed by atoms with van der Waals surface area (Å²) in [6.45, 7) is 4.23. The number of nitrogens with one attached hydrogen (secondary N) is 1. The van der Waals surface area contributed by atoms with Gasteiger partial charge >= 0.3 is 0 Å². The molecule has 0 spiro atoms. The van der Waals surface area contributed by atoms with E-state index in [4.69, 9.17) is 0 Å². The van der Waals surface area contributed by atoms with Crippen molar-refractivity contribution in [3.8, 4) is 0 Å². The predicted molar refractivity (Wildman–Crippen MR) is 82.0 cm³/mol. The first-order valence-corrected chi connectivity index (χ1v) is 7.38. The molecule has 0 bridgehead atoms. The van der Waals surface area contributed by atoms with Gasteiger partial charge in [0.2, 0.25) is 0 Å². The number of rotatable bonds is 3. The molecular weight excluding hydrogens is 250 g/mol. The smallest absolute Gasteiger partial charge is 0.157 e. The van der Waals surface area contributed by atoms with Crippen LogP contribution in [0.1, 0.15) is 25.0 Å². The first-order chi connectivity index (χ1) is 9.65. The molecule has 1 atom stereocenters. The Kier molecular flexibility index (Phi) is 3.61. The van der Waals surface area contributed by atoms with E-state index >= 15 is 0 Å². The van der Waals surface area contributed by atoms with Gasteiger partial charge < -0.3 is 10.2 Å². The number of piperidine rings is 1. The molecular formula is C15H23N5. The summed E-state index contributed by atoms with van der Waals surface area (Å²) in [6, 6.07) is 2.79. The summed E-state index contributed by atoms with van der Waals surface area (Å²) >= 11 is 0. The van der Waals surface area contributed by atoms with E-state index in [-0.39, 0.29) is 0 Å². The van der Waals surface area contributed by atoms with E-state index in [0.29, 0.717) is 6.04 Å². The molecule has 1 aliphatic heterocycles. The van der Waals surface area contributed by atoms with Gasteiger partial charge in [-0.25, -0.2) is 4.98 Å². The third-order valence-electron chi connectivity index (χ3n) is 4.33. The summed E-state index contributed by atoms with van der Waals surface area (Å²) < 4.78 is 1.84. The van der Waals surface area contributed by atoms with Gasteiger partial charge in [-0.05, 0) is 39.4 Å². The lowest BCUT2D eigenvalue weighted by molar-refractivity contribution is 0.194. The highest BCUT2D eigenvalue weighted by atomic mass is 15.3. The second-order valence-corrected chi connectivity index (χ2v) is 5.82. The second-order valence-electron chi connectivity index (χ2n) is 5.82. The lowest BCUT2D eigenvalue weighted by Gasteiger charge is -2.32. The van der Waals surface area contributed by atoms with Crippen molar-refractivity contribution in [2.45, 2.75) is 32.2 Å². The molecule has 1 fully saturated rings. The quantitative estimate of drug-likeness (QED) is 0.931. The maximum absolute atomic E-state index is 4.51. The van der Waals surface area contributed by atoms with E-state index in [1.54, 1.807) is 0 Å². The predicted octanol–water partition coefficient (Wildman–Crippen LogP) is 2.17. The summed E-state index contributed by atoms with van der Waals surface area (Å²) in [5.41, 5.74) is 3.07. The number of anilines is 1. The number of pyridine rings is 1. The van der Waals surface area contributed by atoms with Crippen LogP contribution in [0.4, 0.5) is 5.69 Å². The summed E-state index contributed by atoms with van der Waals surface area (Å²) in [5, 5.41) is 9.08. The van der Waals surface area contributed by atoms with Crippen LogP contribution in [0.15, 0.2) is 12.3 Å². The minimum Gasteiger partial charge on any atom is -0.382 e. The van der Waals surface area contributed by atoms with Crippen LogP contribution in [0.2, 0.25) is 0 Å². The van der Waals surface area contributed by atoms with Crippen molar-refractivity contribution in [2.75, 3.05) is 25.5 Å². The fraction of sp³-hybridized carbons (Fsp3) is 0.600. The number of likely N-dealkylation sites (N-methyl/N-ethyl adjacent to an activating group) is 1. The maximum Gasteiger partial charge on any atom is 0.157 e. The Morgan fingerprint density at radius 1 is 1.35 bits per heavy atom. The topological polar surface area (TPSA) is 46.0 Å². The SMILES string of the molecule is Cc1nn(C)c2ncc(NCC3CCCCN3C)cc12. The number of likely N-dealkylation sites (tertiary alicyclic amines) is 1. The van der Waals surface area contributed by atoms with Crippen molar-refractivity contribution in [1.82, 2.24) is 19.7 Å². The zero-order valence-corrected chi connectivity index (χ0v) is 12.6. The van der Waals surface area contributed by atoms with Gasteiger partial charge in [-0.2, -0.15) is 5.10 Å². The van der Waals surface area contributed by atoms with Gasteiger partial charge in [0, 0.05) is 25.0 Å². The molecule has 0 aromatic carbocycles. The molecule has 1 aliphatic rings. The Balaban J connectivity index is 1.72. The van der Waals surface area contributed by atoms with Crippen LogP contribution < -0.4 is 5.32 Å². The largest absolute Gasteiger partial charge is 0.382 e. The molecule has 0 aliphatic carbocycles. The third kappa shape index (κ3) is 2.50. The molecule has 3 rings (SSSR count). The molecule has 3 heterocycles. The van der Waals surface area contributed by atoms with Crippen LogP contribution in [0.25, 0.3) is 11.0 Å². The zero-order chi connectivity index (χ0) is 14.1. The average molecular weight is 273 g/mol. The van der Waals surface area contributed by atoms with Gasteiger partial charge in [0.25, 0.3) is 0 Å². The first-order valence-electron chi connectivity index (χ1n) is 7.38. The highest BCUT2D eigenvalue weighted by Gasteiger charge is 2.18. The first kappa shape index (κ1) is 13.4. The maximum atomic E-state index is 4.51. The van der Waals surface area contributed by atoms with Gasteiger partial charge in [0.05, 0.1) is 17.6 Å². The standard InChI is InChI=1S/C15H23N5/c1-11-14-8-12(9-17-15(14)20(3)18-11)16-10-13-6-4-5-7-19(13)2/h8-9,13,16H,4-7,10H2,1-3H3. The van der Waals surface area contributed by atoms with Crippen LogP contribution >= 0.6 is 0 Å². The molecule has 2 aromatic heterocycles. The Morgan fingerprint density at radius 3 is 3.00 bits per heavy atom. The molecule has 108 valence electrons. The second kappa shape index (κ2) is 5.40. The van der Waals surface area contributed by atoms with Crippen molar-refractivity contribution in [1.29, 1.82) is 0 Å². The minimum absolute atomic E-state index is 0.634. The Labute approximate surface area is 120 Å². The normalized spacial score (nSPS) is 20.4. The van der Waals surface area contributed by atoms with E-state index in [2.05, 4.69) is 33.4 Å². The average Bonchev–Trinajstić information content (AvgIpc) is 2.73. The lowest BCUT2D eigenvalue weighted by atomic mass is 10.0. The molecule has 0 radical (unpaired) electrons. The van der Waals surface area contributed by atoms with Gasteiger partial charge in [-0.1, -0.05) is 6.42 Å². The van der Waals surface area contributed by atoms with Crippen molar-refractivity contribution < 1.29 is 0 Å². The van der Waals surface area contributed by atoms with Crippen LogP contribution in [0, 0.1) is 6.92 Å². The van der Waals surface area contributed by atoms with E-state index in [0.717, 1.165) is 29.0 Å². The number of aromatic nitrogens is 3. The summed E-state index contributed by atoms with van der Waals surface area (Å²) in [6.07, 6.45) is 5.86. The lowest BCUT2D eigenvalue weighted by Crippen LogP contribution is -2.40. The highest BCUT2D eigenvalue weighted by Crippen LogP contribution is 2.20. The summed E-state index contributed by atoms with van der Waals surface area (Å²) in [7, 11) is 4.16. The van der Waals surface area contributed by atoms with Gasteiger partial charge in [0.15, 0.2) is 5.65 Å². The third-order valence-corrected chi connectivity index (χ3v) is 4.33. The zero-order valence-electron chi connectivity index (χ0n) is 12.6. The Morgan fingerprint density at radius 2 is 2.20 bits per heavy atom. The monoisotopic (exact) mass is 273 g/mol. The van der Waals surface area contributed by atoms with Crippen LogP contribution in [-0.2, 0) is 7.05 Å². The number of aryl methyl sites for hydroxylation is 2. The Hall–Kier alpha value is -1.62. The van der Waals surface area contributed by atoms with Crippen molar-refractivity contribution in [2.24, 2.45) is 7.05 Å². The molecule has 2 aromatic rings.